The van der Waals surface area contributed by atoms with Gasteiger partial charge in [-0.2, -0.15) is 13.2 Å². The van der Waals surface area contributed by atoms with E-state index < -0.39 is 34.9 Å². The first-order valence-electron chi connectivity index (χ1n) is 7.42. The van der Waals surface area contributed by atoms with Crippen LogP contribution in [0, 0.1) is 17.2 Å². The highest BCUT2D eigenvalue weighted by Gasteiger charge is 2.44. The van der Waals surface area contributed by atoms with E-state index in [1.54, 1.807) is 6.92 Å². The van der Waals surface area contributed by atoms with Crippen LogP contribution in [0.25, 0.3) is 0 Å². The molecule has 0 aliphatic heterocycles. The van der Waals surface area contributed by atoms with Gasteiger partial charge < -0.3 is 14.6 Å². The van der Waals surface area contributed by atoms with Crippen LogP contribution in [0.1, 0.15) is 43.0 Å². The van der Waals surface area contributed by atoms with Gasteiger partial charge in [0.2, 0.25) is 0 Å². The number of carboxylic acid groups (broad SMARTS) is 1. The Morgan fingerprint density at radius 1 is 1.38 bits per heavy atom. The van der Waals surface area contributed by atoms with Crippen LogP contribution in [0.5, 0.6) is 5.75 Å². The van der Waals surface area contributed by atoms with E-state index in [4.69, 9.17) is 16.3 Å². The lowest BCUT2D eigenvalue weighted by molar-refractivity contribution is -0.255. The number of aromatic carboxylic acids is 1. The molecule has 0 spiro atoms. The molecule has 0 unspecified atom stereocenters. The summed E-state index contributed by atoms with van der Waals surface area (Å²) in [5.41, 5.74) is -1.15. The third-order valence-electron chi connectivity index (χ3n) is 4.47. The molecule has 0 amide bonds. The van der Waals surface area contributed by atoms with Crippen LogP contribution in [-0.4, -0.2) is 18.8 Å². The maximum atomic E-state index is 13.6. The van der Waals surface area contributed by atoms with E-state index in [1.165, 1.54) is 0 Å². The monoisotopic (exact) mass is 367 g/mol. The molecule has 1 aliphatic rings. The van der Waals surface area contributed by atoms with Gasteiger partial charge in [0.05, 0.1) is 23.5 Å². The van der Waals surface area contributed by atoms with Crippen molar-refractivity contribution in [3.8, 4) is 5.75 Å². The first kappa shape index (κ1) is 18.8. The zero-order chi connectivity index (χ0) is 18.1. The number of rotatable bonds is 4. The predicted molar refractivity (Wildman–Crippen MR) is 77.4 cm³/mol. The Kier molecular flexibility index (Phi) is 5.32. The van der Waals surface area contributed by atoms with E-state index in [0.717, 1.165) is 12.1 Å². The molecule has 8 heteroatoms. The first-order valence-corrected chi connectivity index (χ1v) is 7.79. The number of hydrogen-bond acceptors (Lipinski definition) is 3. The average Bonchev–Trinajstić information content (AvgIpc) is 2.47. The second-order valence-corrected chi connectivity index (χ2v) is 6.87. The second-order valence-electron chi connectivity index (χ2n) is 6.47. The Bertz CT molecular complexity index is 622. The van der Waals surface area contributed by atoms with E-state index in [1.807, 2.05) is 0 Å². The summed E-state index contributed by atoms with van der Waals surface area (Å²) in [6.45, 7) is 1.88. The summed E-state index contributed by atoms with van der Waals surface area (Å²) in [7, 11) is 0. The van der Waals surface area contributed by atoms with Crippen molar-refractivity contribution in [3.05, 3.63) is 28.5 Å². The van der Waals surface area contributed by atoms with Crippen LogP contribution in [-0.2, 0) is 0 Å². The molecule has 3 nitrogen and oxygen atoms in total. The molecule has 0 bridgehead atoms. The summed E-state index contributed by atoms with van der Waals surface area (Å²) in [5.74, 6) is -4.08. The Morgan fingerprint density at radius 2 is 1.96 bits per heavy atom. The van der Waals surface area contributed by atoms with Gasteiger partial charge >= 0.3 is 6.18 Å². The number of carbonyl (C=O) groups excluding carboxylic acids is 1. The largest absolute Gasteiger partial charge is 0.545 e. The minimum atomic E-state index is -4.19. The van der Waals surface area contributed by atoms with Gasteiger partial charge in [0.15, 0.2) is 0 Å². The second kappa shape index (κ2) is 6.78. The number of alkyl halides is 3. The lowest BCUT2D eigenvalue weighted by Gasteiger charge is -2.37. The van der Waals surface area contributed by atoms with Crippen LogP contribution >= 0.6 is 11.6 Å². The molecular formula is C16H16ClF4O3-. The van der Waals surface area contributed by atoms with Gasteiger partial charge in [0, 0.05) is 17.0 Å². The smallest absolute Gasteiger partial charge is 0.391 e. The van der Waals surface area contributed by atoms with Gasteiger partial charge in [-0.05, 0) is 31.7 Å². The van der Waals surface area contributed by atoms with Crippen LogP contribution < -0.4 is 9.84 Å². The maximum Gasteiger partial charge on any atom is 0.391 e. The molecule has 1 aromatic carbocycles. The standard InChI is InChI=1S/C16H17ClF4O3/c1-15(4-2-9(3-5-15)16(19,20)21)8-24-13-7-12(18)10(14(22)23)6-11(13)17/h6-7,9H,2-5,8H2,1H3,(H,22,23)/p-1. The molecule has 134 valence electrons. The Balaban J connectivity index is 2.01. The maximum absolute atomic E-state index is 13.6. The zero-order valence-electron chi connectivity index (χ0n) is 12.9. The molecule has 0 radical (unpaired) electrons. The topological polar surface area (TPSA) is 49.4 Å². The number of carboxylic acids is 1. The molecule has 2 rings (SSSR count). The van der Waals surface area contributed by atoms with Gasteiger partial charge in [0.1, 0.15) is 11.6 Å². The van der Waals surface area contributed by atoms with Gasteiger partial charge in [-0.3, -0.25) is 0 Å². The van der Waals surface area contributed by atoms with Crippen molar-refractivity contribution < 1.29 is 32.2 Å². The molecule has 24 heavy (non-hydrogen) atoms. The molecule has 0 N–H and O–H groups in total. The Labute approximate surface area is 141 Å². The van der Waals surface area contributed by atoms with Crippen LogP contribution in [0.15, 0.2) is 12.1 Å². The molecule has 1 saturated carbocycles. The number of ether oxygens (including phenoxy) is 1. The summed E-state index contributed by atoms with van der Waals surface area (Å²) < 4.78 is 57.2. The van der Waals surface area contributed by atoms with E-state index in [9.17, 15) is 27.5 Å². The van der Waals surface area contributed by atoms with Gasteiger partial charge in [0.25, 0.3) is 0 Å². The van der Waals surface area contributed by atoms with Gasteiger partial charge in [-0.1, -0.05) is 18.5 Å². The predicted octanol–water partition coefficient (Wildman–Crippen LogP) is 3.98. The number of carbonyl (C=O) groups is 1. The van der Waals surface area contributed by atoms with E-state index in [0.29, 0.717) is 12.8 Å². The van der Waals surface area contributed by atoms with Crippen molar-refractivity contribution in [2.75, 3.05) is 6.61 Å². The van der Waals surface area contributed by atoms with Crippen LogP contribution in [0.4, 0.5) is 17.6 Å². The third-order valence-corrected chi connectivity index (χ3v) is 4.77. The highest BCUT2D eigenvalue weighted by molar-refractivity contribution is 6.32. The van der Waals surface area contributed by atoms with Crippen molar-refractivity contribution in [2.45, 2.75) is 38.8 Å². The lowest BCUT2D eigenvalue weighted by Crippen LogP contribution is -2.35. The molecule has 0 aromatic heterocycles. The number of hydrogen-bond donors (Lipinski definition) is 0. The lowest BCUT2D eigenvalue weighted by atomic mass is 9.72. The molecule has 0 saturated heterocycles. The summed E-state index contributed by atoms with van der Waals surface area (Å²) in [5, 5.41) is 10.6. The van der Waals surface area contributed by atoms with Crippen molar-refractivity contribution in [1.29, 1.82) is 0 Å². The number of benzene rings is 1. The summed E-state index contributed by atoms with van der Waals surface area (Å²) in [4.78, 5) is 10.7. The molecular weight excluding hydrogens is 352 g/mol. The van der Waals surface area contributed by atoms with Crippen molar-refractivity contribution >= 4 is 17.6 Å². The molecule has 0 heterocycles. The van der Waals surface area contributed by atoms with E-state index in [2.05, 4.69) is 0 Å². The van der Waals surface area contributed by atoms with E-state index >= 15 is 0 Å². The molecule has 1 aromatic rings. The fourth-order valence-corrected chi connectivity index (χ4v) is 3.05. The van der Waals surface area contributed by atoms with Crippen molar-refractivity contribution in [2.24, 2.45) is 11.3 Å². The Hall–Kier alpha value is -1.50. The van der Waals surface area contributed by atoms with E-state index in [-0.39, 0.29) is 30.2 Å². The fraction of sp³-hybridized carbons (Fsp3) is 0.562. The van der Waals surface area contributed by atoms with Gasteiger partial charge in [-0.15, -0.1) is 0 Å². The summed E-state index contributed by atoms with van der Waals surface area (Å²) >= 11 is 5.86. The van der Waals surface area contributed by atoms with Crippen molar-refractivity contribution in [1.82, 2.24) is 0 Å². The summed E-state index contributed by atoms with van der Waals surface area (Å²) in [6, 6.07) is 1.74. The highest BCUT2D eigenvalue weighted by Crippen LogP contribution is 2.45. The highest BCUT2D eigenvalue weighted by atomic mass is 35.5. The SMILES string of the molecule is CC1(COc2cc(F)c(C(=O)[O-])cc2Cl)CCC(C(F)(F)F)CC1. The van der Waals surface area contributed by atoms with Crippen molar-refractivity contribution in [3.63, 3.8) is 0 Å². The summed E-state index contributed by atoms with van der Waals surface area (Å²) in [6.07, 6.45) is -3.48. The zero-order valence-corrected chi connectivity index (χ0v) is 13.6. The third kappa shape index (κ3) is 4.32. The van der Waals surface area contributed by atoms with Gasteiger partial charge in [-0.25, -0.2) is 4.39 Å². The minimum Gasteiger partial charge on any atom is -0.545 e. The first-order chi connectivity index (χ1) is 11.0. The molecule has 1 fully saturated rings. The molecule has 0 atom stereocenters. The minimum absolute atomic E-state index is 0.0229. The normalized spacial score (nSPS) is 24.7. The number of halogens is 5. The fourth-order valence-electron chi connectivity index (χ4n) is 2.83. The van der Waals surface area contributed by atoms with Crippen LogP contribution in [0.3, 0.4) is 0 Å². The molecule has 1 aliphatic carbocycles. The quantitative estimate of drug-likeness (QED) is 0.756. The average molecular weight is 368 g/mol. The van der Waals surface area contributed by atoms with Crippen LogP contribution in [0.2, 0.25) is 5.02 Å². The Morgan fingerprint density at radius 3 is 2.46 bits per heavy atom.